The van der Waals surface area contributed by atoms with Crippen molar-refractivity contribution in [2.75, 3.05) is 13.1 Å². The average Bonchev–Trinajstić information content (AvgIpc) is 3.14. The predicted octanol–water partition coefficient (Wildman–Crippen LogP) is 4.21. The number of aromatic nitrogens is 2. The zero-order valence-electron chi connectivity index (χ0n) is 15.3. The third kappa shape index (κ3) is 4.27. The number of fused-ring (bicyclic) bond motifs is 1. The molecule has 6 nitrogen and oxygen atoms in total. The Bertz CT molecular complexity index is 914. The molecule has 1 fully saturated rings. The fourth-order valence-electron chi connectivity index (χ4n) is 3.38. The summed E-state index contributed by atoms with van der Waals surface area (Å²) >= 11 is 0. The zero-order valence-corrected chi connectivity index (χ0v) is 15.3. The van der Waals surface area contributed by atoms with E-state index in [1.54, 1.807) is 6.20 Å². The Hall–Kier alpha value is -2.89. The van der Waals surface area contributed by atoms with E-state index in [0.717, 1.165) is 36.8 Å². The van der Waals surface area contributed by atoms with Gasteiger partial charge in [-0.2, -0.15) is 0 Å². The van der Waals surface area contributed by atoms with Gasteiger partial charge in [-0.1, -0.05) is 25.3 Å². The molecule has 3 aromatic rings. The number of amides is 1. The third-order valence-corrected chi connectivity index (χ3v) is 4.85. The SMILES string of the molecule is O=C(c1coc(COc2ccc3ncccc3c2)n1)N1CCCCCCC1. The van der Waals surface area contributed by atoms with Gasteiger partial charge in [0.05, 0.1) is 5.52 Å². The Balaban J connectivity index is 1.38. The molecular weight excluding hydrogens is 342 g/mol. The highest BCUT2D eigenvalue weighted by Crippen LogP contribution is 2.20. The van der Waals surface area contributed by atoms with Crippen LogP contribution >= 0.6 is 0 Å². The van der Waals surface area contributed by atoms with Gasteiger partial charge < -0.3 is 14.1 Å². The summed E-state index contributed by atoms with van der Waals surface area (Å²) in [5, 5.41) is 1.01. The molecule has 6 heteroatoms. The number of hydrogen-bond donors (Lipinski definition) is 0. The smallest absolute Gasteiger partial charge is 0.275 e. The van der Waals surface area contributed by atoms with Crippen LogP contribution in [0.3, 0.4) is 0 Å². The first-order valence-corrected chi connectivity index (χ1v) is 9.51. The highest BCUT2D eigenvalue weighted by atomic mass is 16.5. The lowest BCUT2D eigenvalue weighted by Crippen LogP contribution is -2.34. The molecular formula is C21H23N3O3. The molecule has 0 atom stereocenters. The normalized spacial score (nSPS) is 15.3. The summed E-state index contributed by atoms with van der Waals surface area (Å²) in [4.78, 5) is 23.2. The van der Waals surface area contributed by atoms with Crippen molar-refractivity contribution in [3.63, 3.8) is 0 Å². The van der Waals surface area contributed by atoms with E-state index in [1.165, 1.54) is 25.5 Å². The number of oxazole rings is 1. The van der Waals surface area contributed by atoms with Crippen LogP contribution in [0.1, 0.15) is 48.5 Å². The molecule has 1 saturated heterocycles. The summed E-state index contributed by atoms with van der Waals surface area (Å²) in [5.74, 6) is 1.06. The van der Waals surface area contributed by atoms with Gasteiger partial charge in [-0.05, 0) is 37.1 Å². The van der Waals surface area contributed by atoms with E-state index in [1.807, 2.05) is 35.2 Å². The van der Waals surface area contributed by atoms with Crippen molar-refractivity contribution in [1.82, 2.24) is 14.9 Å². The number of ether oxygens (including phenoxy) is 1. The number of rotatable bonds is 4. The predicted molar refractivity (Wildman–Crippen MR) is 102 cm³/mol. The molecule has 2 aromatic heterocycles. The number of hydrogen-bond acceptors (Lipinski definition) is 5. The molecule has 1 amide bonds. The van der Waals surface area contributed by atoms with Crippen molar-refractivity contribution in [3.8, 4) is 5.75 Å². The summed E-state index contributed by atoms with van der Waals surface area (Å²) in [7, 11) is 0. The molecule has 0 bridgehead atoms. The van der Waals surface area contributed by atoms with Crippen LogP contribution in [0, 0.1) is 0 Å². The van der Waals surface area contributed by atoms with Crippen molar-refractivity contribution in [3.05, 3.63) is 54.4 Å². The quantitative estimate of drug-likeness (QED) is 0.693. The minimum absolute atomic E-state index is 0.0521. The molecule has 3 heterocycles. The lowest BCUT2D eigenvalue weighted by Gasteiger charge is -2.23. The Morgan fingerprint density at radius 2 is 1.93 bits per heavy atom. The maximum atomic E-state index is 12.7. The lowest BCUT2D eigenvalue weighted by atomic mass is 10.1. The fraction of sp³-hybridized carbons (Fsp3) is 0.381. The molecule has 0 radical (unpaired) electrons. The first kappa shape index (κ1) is 17.5. The van der Waals surface area contributed by atoms with Crippen LogP contribution in [-0.4, -0.2) is 33.9 Å². The van der Waals surface area contributed by atoms with Crippen LogP contribution in [0.25, 0.3) is 10.9 Å². The molecule has 0 unspecified atom stereocenters. The van der Waals surface area contributed by atoms with Crippen LogP contribution in [0.15, 0.2) is 47.2 Å². The minimum Gasteiger partial charge on any atom is -0.484 e. The second-order valence-electron chi connectivity index (χ2n) is 6.83. The Morgan fingerprint density at radius 1 is 1.11 bits per heavy atom. The molecule has 1 aliphatic heterocycles. The van der Waals surface area contributed by atoms with E-state index in [9.17, 15) is 4.79 Å². The molecule has 4 rings (SSSR count). The minimum atomic E-state index is -0.0521. The molecule has 27 heavy (non-hydrogen) atoms. The van der Waals surface area contributed by atoms with Crippen molar-refractivity contribution in [2.24, 2.45) is 0 Å². The number of benzene rings is 1. The topological polar surface area (TPSA) is 68.5 Å². The van der Waals surface area contributed by atoms with Gasteiger partial charge in [0.1, 0.15) is 12.0 Å². The molecule has 0 aliphatic carbocycles. The van der Waals surface area contributed by atoms with Gasteiger partial charge in [0.2, 0.25) is 5.89 Å². The van der Waals surface area contributed by atoms with Crippen LogP contribution < -0.4 is 4.74 Å². The first-order valence-electron chi connectivity index (χ1n) is 9.51. The van der Waals surface area contributed by atoms with Crippen LogP contribution in [0.4, 0.5) is 0 Å². The number of carbonyl (C=O) groups excluding carboxylic acids is 1. The van der Waals surface area contributed by atoms with Crippen LogP contribution in [-0.2, 0) is 6.61 Å². The maximum Gasteiger partial charge on any atom is 0.275 e. The van der Waals surface area contributed by atoms with Crippen LogP contribution in [0.2, 0.25) is 0 Å². The molecule has 140 valence electrons. The summed E-state index contributed by atoms with van der Waals surface area (Å²) < 4.78 is 11.2. The fourth-order valence-corrected chi connectivity index (χ4v) is 3.38. The van der Waals surface area contributed by atoms with Crippen molar-refractivity contribution < 1.29 is 13.9 Å². The molecule has 0 saturated carbocycles. The average molecular weight is 365 g/mol. The zero-order chi connectivity index (χ0) is 18.5. The van der Waals surface area contributed by atoms with Crippen molar-refractivity contribution in [1.29, 1.82) is 0 Å². The highest BCUT2D eigenvalue weighted by molar-refractivity contribution is 5.92. The monoisotopic (exact) mass is 365 g/mol. The molecule has 1 aromatic carbocycles. The van der Waals surface area contributed by atoms with Gasteiger partial charge in [0, 0.05) is 24.7 Å². The molecule has 1 aliphatic rings. The second kappa shape index (κ2) is 8.20. The summed E-state index contributed by atoms with van der Waals surface area (Å²) in [6, 6.07) is 9.59. The van der Waals surface area contributed by atoms with Crippen molar-refractivity contribution >= 4 is 16.8 Å². The molecule has 0 spiro atoms. The Kier molecular flexibility index (Phi) is 5.32. The second-order valence-corrected chi connectivity index (χ2v) is 6.83. The van der Waals surface area contributed by atoms with Gasteiger partial charge in [-0.15, -0.1) is 0 Å². The van der Waals surface area contributed by atoms with Gasteiger partial charge in [0.15, 0.2) is 12.3 Å². The molecule has 0 N–H and O–H groups in total. The summed E-state index contributed by atoms with van der Waals surface area (Å²) in [6.45, 7) is 1.77. The first-order chi connectivity index (χ1) is 13.3. The third-order valence-electron chi connectivity index (χ3n) is 4.85. The lowest BCUT2D eigenvalue weighted by molar-refractivity contribution is 0.0736. The maximum absolute atomic E-state index is 12.7. The van der Waals surface area contributed by atoms with E-state index in [-0.39, 0.29) is 12.5 Å². The van der Waals surface area contributed by atoms with Gasteiger partial charge in [-0.3, -0.25) is 9.78 Å². The Morgan fingerprint density at radius 3 is 2.78 bits per heavy atom. The van der Waals surface area contributed by atoms with E-state index < -0.39 is 0 Å². The van der Waals surface area contributed by atoms with Gasteiger partial charge in [0.25, 0.3) is 5.91 Å². The standard InChI is InChI=1S/C21H23N3O3/c25-21(24-11-4-2-1-3-5-12-24)19-14-27-20(23-19)15-26-17-8-9-18-16(13-17)7-6-10-22-18/h6-10,13-14H,1-5,11-12,15H2. The Labute approximate surface area is 158 Å². The van der Waals surface area contributed by atoms with Crippen molar-refractivity contribution in [2.45, 2.75) is 38.7 Å². The van der Waals surface area contributed by atoms with E-state index >= 15 is 0 Å². The van der Waals surface area contributed by atoms with Gasteiger partial charge in [-0.25, -0.2) is 4.98 Å². The van der Waals surface area contributed by atoms with E-state index in [0.29, 0.717) is 17.3 Å². The summed E-state index contributed by atoms with van der Waals surface area (Å²) in [6.07, 6.45) is 8.93. The van der Waals surface area contributed by atoms with Gasteiger partial charge >= 0.3 is 0 Å². The summed E-state index contributed by atoms with van der Waals surface area (Å²) in [5.41, 5.74) is 1.28. The highest BCUT2D eigenvalue weighted by Gasteiger charge is 2.20. The number of nitrogens with zero attached hydrogens (tertiary/aromatic N) is 3. The number of likely N-dealkylation sites (tertiary alicyclic amines) is 1. The largest absolute Gasteiger partial charge is 0.484 e. The van der Waals surface area contributed by atoms with E-state index in [4.69, 9.17) is 9.15 Å². The van der Waals surface area contributed by atoms with Crippen LogP contribution in [0.5, 0.6) is 5.75 Å². The van der Waals surface area contributed by atoms with E-state index in [2.05, 4.69) is 9.97 Å². The number of pyridine rings is 1. The number of carbonyl (C=O) groups is 1.